The summed E-state index contributed by atoms with van der Waals surface area (Å²) in [7, 11) is 2.11. The van der Waals surface area contributed by atoms with Gasteiger partial charge in [-0.2, -0.15) is 0 Å². The van der Waals surface area contributed by atoms with Crippen LogP contribution < -0.4 is 5.73 Å². The molecule has 0 aromatic carbocycles. The molecule has 0 aliphatic carbocycles. The van der Waals surface area contributed by atoms with Crippen molar-refractivity contribution in [1.29, 1.82) is 0 Å². The Hall–Kier alpha value is -0.800. The van der Waals surface area contributed by atoms with E-state index in [9.17, 15) is 0 Å². The van der Waals surface area contributed by atoms with Crippen molar-refractivity contribution in [3.63, 3.8) is 0 Å². The topological polar surface area (TPSA) is 42.4 Å². The van der Waals surface area contributed by atoms with Crippen molar-refractivity contribution in [3.8, 4) is 0 Å². The Morgan fingerprint density at radius 2 is 2.07 bits per heavy atom. The maximum atomic E-state index is 5.62. The van der Waals surface area contributed by atoms with E-state index < -0.39 is 0 Å². The second-order valence-electron chi connectivity index (χ2n) is 5.31. The highest BCUT2D eigenvalue weighted by atomic mass is 16.3. The molecule has 1 rings (SSSR count). The maximum absolute atomic E-state index is 5.62. The van der Waals surface area contributed by atoms with E-state index >= 15 is 0 Å². The summed E-state index contributed by atoms with van der Waals surface area (Å²) in [4.78, 5) is 2.26. The van der Waals surface area contributed by atoms with E-state index in [0.29, 0.717) is 12.0 Å². The smallest absolute Gasteiger partial charge is 0.122 e. The van der Waals surface area contributed by atoms with Gasteiger partial charge >= 0.3 is 0 Å². The molecule has 0 bridgehead atoms. The van der Waals surface area contributed by atoms with Gasteiger partial charge in [-0.15, -0.1) is 0 Å². The first kappa shape index (κ1) is 12.3. The third-order valence-corrected chi connectivity index (χ3v) is 2.22. The molecule has 15 heavy (non-hydrogen) atoms. The lowest BCUT2D eigenvalue weighted by atomic mass is 9.96. The van der Waals surface area contributed by atoms with Crippen LogP contribution in [0.2, 0.25) is 0 Å². The highest BCUT2D eigenvalue weighted by molar-refractivity contribution is 5.16. The van der Waals surface area contributed by atoms with Crippen molar-refractivity contribution in [2.45, 2.75) is 33.9 Å². The van der Waals surface area contributed by atoms with Gasteiger partial charge < -0.3 is 10.2 Å². The number of hydrogen-bond donors (Lipinski definition) is 1. The molecule has 0 radical (unpaired) electrons. The molecule has 1 heterocycles. The van der Waals surface area contributed by atoms with E-state index in [2.05, 4.69) is 32.7 Å². The Kier molecular flexibility index (Phi) is 3.94. The number of nitrogens with zero attached hydrogens (tertiary/aromatic N) is 1. The van der Waals surface area contributed by atoms with Crippen LogP contribution in [-0.4, -0.2) is 18.5 Å². The molecule has 3 nitrogen and oxygen atoms in total. The highest BCUT2D eigenvalue weighted by Gasteiger charge is 2.15. The largest absolute Gasteiger partial charge is 0.468 e. The van der Waals surface area contributed by atoms with Crippen LogP contribution in [0.1, 0.15) is 32.1 Å². The Balaban J connectivity index is 2.55. The lowest BCUT2D eigenvalue weighted by molar-refractivity contribution is 0.207. The van der Waals surface area contributed by atoms with Crippen LogP contribution in [0.15, 0.2) is 16.7 Å². The van der Waals surface area contributed by atoms with Crippen LogP contribution in [0.3, 0.4) is 0 Å². The molecule has 0 aliphatic heterocycles. The van der Waals surface area contributed by atoms with Gasteiger partial charge in [0.1, 0.15) is 5.76 Å². The van der Waals surface area contributed by atoms with Gasteiger partial charge in [-0.1, -0.05) is 20.8 Å². The van der Waals surface area contributed by atoms with Gasteiger partial charge in [0.15, 0.2) is 0 Å². The lowest BCUT2D eigenvalue weighted by Gasteiger charge is -2.25. The number of hydrogen-bond acceptors (Lipinski definition) is 3. The van der Waals surface area contributed by atoms with E-state index in [1.54, 1.807) is 6.26 Å². The zero-order valence-electron chi connectivity index (χ0n) is 10.2. The number of nitrogens with two attached hydrogens (primary N) is 1. The van der Waals surface area contributed by atoms with Gasteiger partial charge in [-0.25, -0.2) is 0 Å². The molecule has 86 valence electrons. The third-order valence-electron chi connectivity index (χ3n) is 2.22. The van der Waals surface area contributed by atoms with Crippen molar-refractivity contribution in [3.05, 3.63) is 23.7 Å². The lowest BCUT2D eigenvalue weighted by Crippen LogP contribution is -2.29. The summed E-state index contributed by atoms with van der Waals surface area (Å²) in [6, 6.07) is 1.94. The highest BCUT2D eigenvalue weighted by Crippen LogP contribution is 2.17. The van der Waals surface area contributed by atoms with Gasteiger partial charge in [0.05, 0.1) is 12.8 Å². The quantitative estimate of drug-likeness (QED) is 0.828. The average molecular weight is 210 g/mol. The first-order valence-electron chi connectivity index (χ1n) is 5.36. The van der Waals surface area contributed by atoms with Crippen molar-refractivity contribution in [1.82, 2.24) is 4.90 Å². The maximum Gasteiger partial charge on any atom is 0.122 e. The summed E-state index contributed by atoms with van der Waals surface area (Å²) in [5.41, 5.74) is 7.04. The molecule has 0 saturated carbocycles. The first-order valence-corrected chi connectivity index (χ1v) is 5.36. The molecule has 2 N–H and O–H groups in total. The van der Waals surface area contributed by atoms with Crippen LogP contribution in [0.25, 0.3) is 0 Å². The van der Waals surface area contributed by atoms with Gasteiger partial charge in [0.2, 0.25) is 0 Å². The molecule has 0 aliphatic rings. The Morgan fingerprint density at radius 1 is 1.40 bits per heavy atom. The minimum atomic E-state index is 0.310. The zero-order valence-corrected chi connectivity index (χ0v) is 10.2. The van der Waals surface area contributed by atoms with Gasteiger partial charge in [-0.05, 0) is 18.5 Å². The molecule has 0 saturated heterocycles. The molecular weight excluding hydrogens is 188 g/mol. The summed E-state index contributed by atoms with van der Waals surface area (Å²) in [5.74, 6) is 0.990. The van der Waals surface area contributed by atoms with Gasteiger partial charge in [0.25, 0.3) is 0 Å². The van der Waals surface area contributed by atoms with E-state index in [4.69, 9.17) is 10.2 Å². The standard InChI is InChI=1S/C12H22N2O/c1-12(2,3)9-14(4)8-11-10(7-13)5-6-15-11/h5-6H,7-9,13H2,1-4H3. The van der Waals surface area contributed by atoms with Crippen LogP contribution >= 0.6 is 0 Å². The van der Waals surface area contributed by atoms with E-state index in [1.807, 2.05) is 6.07 Å². The van der Waals surface area contributed by atoms with Crippen molar-refractivity contribution >= 4 is 0 Å². The Morgan fingerprint density at radius 3 is 2.60 bits per heavy atom. The van der Waals surface area contributed by atoms with Crippen molar-refractivity contribution in [2.24, 2.45) is 11.1 Å². The molecule has 3 heteroatoms. The molecule has 0 spiro atoms. The Labute approximate surface area is 92.2 Å². The summed E-state index contributed by atoms with van der Waals surface area (Å²) in [5, 5.41) is 0. The molecular formula is C12H22N2O. The van der Waals surface area contributed by atoms with Gasteiger partial charge in [-0.3, -0.25) is 4.90 Å². The van der Waals surface area contributed by atoms with E-state index in [1.165, 1.54) is 0 Å². The third kappa shape index (κ3) is 4.06. The van der Waals surface area contributed by atoms with Crippen LogP contribution in [0.4, 0.5) is 0 Å². The van der Waals surface area contributed by atoms with Crippen LogP contribution in [-0.2, 0) is 13.1 Å². The average Bonchev–Trinajstić information content (AvgIpc) is 2.48. The SMILES string of the molecule is CN(Cc1occc1CN)CC(C)(C)C. The van der Waals surface area contributed by atoms with Crippen LogP contribution in [0.5, 0.6) is 0 Å². The zero-order chi connectivity index (χ0) is 11.5. The minimum absolute atomic E-state index is 0.310. The predicted molar refractivity (Wildman–Crippen MR) is 62.4 cm³/mol. The summed E-state index contributed by atoms with van der Waals surface area (Å²) in [6.45, 7) is 9.12. The second-order valence-corrected chi connectivity index (χ2v) is 5.31. The van der Waals surface area contributed by atoms with Crippen LogP contribution in [0, 0.1) is 5.41 Å². The monoisotopic (exact) mass is 210 g/mol. The van der Waals surface area contributed by atoms with Gasteiger partial charge in [0, 0.05) is 18.7 Å². The fourth-order valence-corrected chi connectivity index (χ4v) is 1.80. The molecule has 0 amide bonds. The number of rotatable bonds is 4. The molecule has 0 fully saturated rings. The second kappa shape index (κ2) is 4.81. The Bertz CT molecular complexity index is 299. The molecule has 0 atom stereocenters. The van der Waals surface area contributed by atoms with Crippen molar-refractivity contribution in [2.75, 3.05) is 13.6 Å². The summed E-state index contributed by atoms with van der Waals surface area (Å²) in [6.07, 6.45) is 1.71. The fraction of sp³-hybridized carbons (Fsp3) is 0.667. The van der Waals surface area contributed by atoms with E-state index in [0.717, 1.165) is 24.4 Å². The fourth-order valence-electron chi connectivity index (χ4n) is 1.80. The molecule has 1 aromatic heterocycles. The summed E-state index contributed by atoms with van der Waals surface area (Å²) < 4.78 is 5.42. The van der Waals surface area contributed by atoms with E-state index in [-0.39, 0.29) is 0 Å². The van der Waals surface area contributed by atoms with Crippen molar-refractivity contribution < 1.29 is 4.42 Å². The molecule has 1 aromatic rings. The summed E-state index contributed by atoms with van der Waals surface area (Å²) >= 11 is 0. The predicted octanol–water partition coefficient (Wildman–Crippen LogP) is 2.22. The minimum Gasteiger partial charge on any atom is -0.468 e. The number of furan rings is 1. The normalized spacial score (nSPS) is 12.4. The molecule has 0 unspecified atom stereocenters. The first-order chi connectivity index (χ1) is 6.92.